The minimum absolute atomic E-state index is 0.0443. The molecule has 0 aliphatic heterocycles. The van der Waals surface area contributed by atoms with E-state index in [-0.39, 0.29) is 11.5 Å². The first-order chi connectivity index (χ1) is 7.69. The van der Waals surface area contributed by atoms with Crippen LogP contribution in [0.3, 0.4) is 0 Å². The quantitative estimate of drug-likeness (QED) is 0.747. The highest BCUT2D eigenvalue weighted by atomic mass is 16.3. The van der Waals surface area contributed by atoms with E-state index < -0.39 is 0 Å². The highest BCUT2D eigenvalue weighted by molar-refractivity contribution is 5.98. The molecule has 0 saturated heterocycles. The first kappa shape index (κ1) is 12.5. The number of benzene rings is 1. The molecule has 0 aliphatic carbocycles. The topological polar surface area (TPSA) is 63.3 Å². The number of phenols is 1. The van der Waals surface area contributed by atoms with Gasteiger partial charge in [-0.05, 0) is 30.7 Å². The Hall–Kier alpha value is -1.61. The van der Waals surface area contributed by atoms with Crippen LogP contribution in [0.5, 0.6) is 5.75 Å². The fraction of sp³-hybridized carbons (Fsp3) is 0.308. The van der Waals surface area contributed by atoms with Crippen LogP contribution in [0.2, 0.25) is 0 Å². The third-order valence-electron chi connectivity index (χ3n) is 2.29. The van der Waals surface area contributed by atoms with E-state index in [9.17, 15) is 9.90 Å². The van der Waals surface area contributed by atoms with Crippen LogP contribution in [0, 0.1) is 0 Å². The maximum atomic E-state index is 11.5. The van der Waals surface area contributed by atoms with E-state index in [0.717, 1.165) is 12.0 Å². The van der Waals surface area contributed by atoms with E-state index in [1.807, 2.05) is 12.2 Å². The van der Waals surface area contributed by atoms with Crippen LogP contribution < -0.4 is 5.73 Å². The highest BCUT2D eigenvalue weighted by Crippen LogP contribution is 2.20. The van der Waals surface area contributed by atoms with Crippen molar-refractivity contribution >= 4 is 11.9 Å². The van der Waals surface area contributed by atoms with Gasteiger partial charge < -0.3 is 10.8 Å². The maximum Gasteiger partial charge on any atom is 0.166 e. The van der Waals surface area contributed by atoms with Crippen molar-refractivity contribution in [2.75, 3.05) is 6.54 Å². The molecule has 0 heterocycles. The Labute approximate surface area is 95.6 Å². The zero-order valence-electron chi connectivity index (χ0n) is 9.44. The Morgan fingerprint density at radius 3 is 2.88 bits per heavy atom. The number of phenolic OH excluding ortho intramolecular Hbond substituents is 1. The van der Waals surface area contributed by atoms with Gasteiger partial charge in [-0.2, -0.15) is 0 Å². The van der Waals surface area contributed by atoms with E-state index in [1.165, 1.54) is 0 Å². The first-order valence-electron chi connectivity index (χ1n) is 5.41. The third kappa shape index (κ3) is 3.21. The zero-order valence-corrected chi connectivity index (χ0v) is 9.44. The molecule has 1 aromatic carbocycles. The molecule has 0 radical (unpaired) electrons. The van der Waals surface area contributed by atoms with Gasteiger partial charge >= 0.3 is 0 Å². The number of hydrogen-bond acceptors (Lipinski definition) is 3. The predicted octanol–water partition coefficient (Wildman–Crippen LogP) is 2.35. The largest absolute Gasteiger partial charge is 0.507 e. The summed E-state index contributed by atoms with van der Waals surface area (Å²) in [6.45, 7) is 2.38. The normalized spacial score (nSPS) is 10.9. The molecular formula is C13H17NO2. The Morgan fingerprint density at radius 2 is 2.25 bits per heavy atom. The predicted molar refractivity (Wildman–Crippen MR) is 65.4 cm³/mol. The van der Waals surface area contributed by atoms with Crippen LogP contribution in [0.25, 0.3) is 6.08 Å². The number of ketones is 1. The molecule has 0 saturated carbocycles. The summed E-state index contributed by atoms with van der Waals surface area (Å²) in [4.78, 5) is 11.5. The summed E-state index contributed by atoms with van der Waals surface area (Å²) < 4.78 is 0. The summed E-state index contributed by atoms with van der Waals surface area (Å²) in [6.07, 6.45) is 5.05. The van der Waals surface area contributed by atoms with Crippen molar-refractivity contribution in [1.29, 1.82) is 0 Å². The number of Topliss-reactive ketones (excluding diaryl/α,β-unsaturated/α-hetero) is 1. The lowest BCUT2D eigenvalue weighted by Gasteiger charge is -2.03. The average Bonchev–Trinajstić information content (AvgIpc) is 2.30. The van der Waals surface area contributed by atoms with Gasteiger partial charge in [-0.1, -0.05) is 25.1 Å². The maximum absolute atomic E-state index is 11.5. The minimum Gasteiger partial charge on any atom is -0.507 e. The fourth-order valence-electron chi connectivity index (χ4n) is 1.39. The van der Waals surface area contributed by atoms with Crippen molar-refractivity contribution in [1.82, 2.24) is 0 Å². The van der Waals surface area contributed by atoms with Gasteiger partial charge in [0.05, 0.1) is 5.56 Å². The molecule has 0 fully saturated rings. The van der Waals surface area contributed by atoms with Crippen LogP contribution in [-0.2, 0) is 0 Å². The highest BCUT2D eigenvalue weighted by Gasteiger charge is 2.08. The van der Waals surface area contributed by atoms with Crippen LogP contribution in [0.15, 0.2) is 24.3 Å². The summed E-state index contributed by atoms with van der Waals surface area (Å²) in [7, 11) is 0. The first-order valence-corrected chi connectivity index (χ1v) is 5.41. The molecule has 0 aliphatic rings. The summed E-state index contributed by atoms with van der Waals surface area (Å²) in [6, 6.07) is 5.02. The van der Waals surface area contributed by atoms with Crippen molar-refractivity contribution in [3.63, 3.8) is 0 Å². The van der Waals surface area contributed by atoms with E-state index in [4.69, 9.17) is 5.73 Å². The Morgan fingerprint density at radius 1 is 1.50 bits per heavy atom. The second-order valence-corrected chi connectivity index (χ2v) is 3.53. The van der Waals surface area contributed by atoms with Gasteiger partial charge in [0.1, 0.15) is 5.75 Å². The molecule has 3 heteroatoms. The Kier molecular flexibility index (Phi) is 4.73. The number of hydrogen-bond donors (Lipinski definition) is 2. The number of nitrogens with two attached hydrogens (primary N) is 1. The molecule has 3 nitrogen and oxygen atoms in total. The van der Waals surface area contributed by atoms with Crippen LogP contribution in [0.4, 0.5) is 0 Å². The smallest absolute Gasteiger partial charge is 0.166 e. The summed E-state index contributed by atoms with van der Waals surface area (Å²) in [5.74, 6) is -0.00519. The molecule has 1 aromatic rings. The van der Waals surface area contributed by atoms with Crippen LogP contribution >= 0.6 is 0 Å². The molecule has 0 spiro atoms. The summed E-state index contributed by atoms with van der Waals surface area (Å²) in [5, 5.41) is 9.54. The number of carbonyl (C=O) groups excluding carboxylic acids is 1. The van der Waals surface area contributed by atoms with Gasteiger partial charge in [0.2, 0.25) is 0 Å². The number of aromatic hydroxyl groups is 1. The number of rotatable bonds is 5. The van der Waals surface area contributed by atoms with Crippen molar-refractivity contribution < 1.29 is 9.90 Å². The standard InChI is InChI=1S/C13H17NO2/c1-2-12(15)11-9-10(5-3-4-8-14)6-7-13(11)16/h3,5-7,9,16H,2,4,8,14H2,1H3. The van der Waals surface area contributed by atoms with Gasteiger partial charge in [-0.25, -0.2) is 0 Å². The molecule has 86 valence electrons. The minimum atomic E-state index is -0.0495. The van der Waals surface area contributed by atoms with E-state index >= 15 is 0 Å². The molecule has 16 heavy (non-hydrogen) atoms. The van der Waals surface area contributed by atoms with Crippen LogP contribution in [-0.4, -0.2) is 17.4 Å². The summed E-state index contributed by atoms with van der Waals surface area (Å²) >= 11 is 0. The lowest BCUT2D eigenvalue weighted by Crippen LogP contribution is -1.97. The van der Waals surface area contributed by atoms with Crippen molar-refractivity contribution in [3.05, 3.63) is 35.4 Å². The molecule has 0 aromatic heterocycles. The van der Waals surface area contributed by atoms with Crippen molar-refractivity contribution in [2.45, 2.75) is 19.8 Å². The van der Waals surface area contributed by atoms with Gasteiger partial charge in [-0.15, -0.1) is 0 Å². The zero-order chi connectivity index (χ0) is 12.0. The molecule has 3 N–H and O–H groups in total. The monoisotopic (exact) mass is 219 g/mol. The molecule has 0 bridgehead atoms. The Bertz CT molecular complexity index is 397. The van der Waals surface area contributed by atoms with Gasteiger partial charge in [0.25, 0.3) is 0 Å². The van der Waals surface area contributed by atoms with Crippen LogP contribution in [0.1, 0.15) is 35.7 Å². The molecule has 0 unspecified atom stereocenters. The van der Waals surface area contributed by atoms with Gasteiger partial charge in [0.15, 0.2) is 5.78 Å². The van der Waals surface area contributed by atoms with E-state index in [1.54, 1.807) is 25.1 Å². The molecule has 1 rings (SSSR count). The van der Waals surface area contributed by atoms with E-state index in [2.05, 4.69) is 0 Å². The van der Waals surface area contributed by atoms with Crippen molar-refractivity contribution in [3.8, 4) is 5.75 Å². The molecular weight excluding hydrogens is 202 g/mol. The van der Waals surface area contributed by atoms with Crippen molar-refractivity contribution in [2.24, 2.45) is 5.73 Å². The Balaban J connectivity index is 2.93. The van der Waals surface area contributed by atoms with Gasteiger partial charge in [-0.3, -0.25) is 4.79 Å². The second-order valence-electron chi connectivity index (χ2n) is 3.53. The lowest BCUT2D eigenvalue weighted by atomic mass is 10.0. The lowest BCUT2D eigenvalue weighted by molar-refractivity contribution is 0.0985. The SMILES string of the molecule is CCC(=O)c1cc(C=CCCN)ccc1O. The third-order valence-corrected chi connectivity index (χ3v) is 2.29. The van der Waals surface area contributed by atoms with E-state index in [0.29, 0.717) is 18.5 Å². The van der Waals surface area contributed by atoms with Gasteiger partial charge in [0, 0.05) is 6.42 Å². The second kappa shape index (κ2) is 6.08. The summed E-state index contributed by atoms with van der Waals surface area (Å²) in [5.41, 5.74) is 6.66. The molecule has 0 amide bonds. The average molecular weight is 219 g/mol. The fourth-order valence-corrected chi connectivity index (χ4v) is 1.39. The number of carbonyl (C=O) groups is 1. The molecule has 0 atom stereocenters.